The Morgan fingerprint density at radius 1 is 1.15 bits per heavy atom. The number of carbonyl (C=O) groups is 2. The highest BCUT2D eigenvalue weighted by molar-refractivity contribution is 5.88. The molecule has 0 unspecified atom stereocenters. The van der Waals surface area contributed by atoms with E-state index in [4.69, 9.17) is 4.74 Å². The number of rotatable bonds is 5. The van der Waals surface area contributed by atoms with Crippen LogP contribution in [0.25, 0.3) is 0 Å². The average Bonchev–Trinajstić information content (AvgIpc) is 2.72. The van der Waals surface area contributed by atoms with Crippen molar-refractivity contribution in [2.75, 3.05) is 41.7 Å². The van der Waals surface area contributed by atoms with Crippen LogP contribution in [-0.2, 0) is 9.53 Å². The molecule has 0 radical (unpaired) electrons. The van der Waals surface area contributed by atoms with Crippen LogP contribution in [0.15, 0.2) is 30.5 Å². The first kappa shape index (κ1) is 23.7. The lowest BCUT2D eigenvalue weighted by molar-refractivity contribution is -0.384. The number of hydrogen-bond acceptors (Lipinski definition) is 9. The fourth-order valence-corrected chi connectivity index (χ4v) is 3.20. The molecule has 12 nitrogen and oxygen atoms in total. The fourth-order valence-electron chi connectivity index (χ4n) is 3.20. The van der Waals surface area contributed by atoms with E-state index in [9.17, 15) is 19.7 Å². The molecule has 1 saturated heterocycles. The van der Waals surface area contributed by atoms with Gasteiger partial charge in [-0.15, -0.1) is 0 Å². The number of pyridine rings is 2. The zero-order valence-corrected chi connectivity index (χ0v) is 19.0. The first-order valence-corrected chi connectivity index (χ1v) is 10.4. The number of aromatic nitrogens is 2. The van der Waals surface area contributed by atoms with Gasteiger partial charge < -0.3 is 25.2 Å². The van der Waals surface area contributed by atoms with E-state index in [1.165, 1.54) is 19.2 Å². The number of anilines is 4. The summed E-state index contributed by atoms with van der Waals surface area (Å²) in [6, 6.07) is 6.14. The van der Waals surface area contributed by atoms with Crippen molar-refractivity contribution in [3.8, 4) is 0 Å². The van der Waals surface area contributed by atoms with Crippen molar-refractivity contribution in [1.29, 1.82) is 0 Å². The number of hydrogen-bond donors (Lipinski definition) is 2. The van der Waals surface area contributed by atoms with Crippen molar-refractivity contribution in [1.82, 2.24) is 14.9 Å². The predicted molar refractivity (Wildman–Crippen MR) is 123 cm³/mol. The largest absolute Gasteiger partial charge is 0.444 e. The van der Waals surface area contributed by atoms with Crippen LogP contribution >= 0.6 is 0 Å². The van der Waals surface area contributed by atoms with Crippen LogP contribution in [0.5, 0.6) is 0 Å². The molecular formula is C21H27N7O5. The molecular weight excluding hydrogens is 430 g/mol. The molecule has 0 spiro atoms. The van der Waals surface area contributed by atoms with Gasteiger partial charge in [0, 0.05) is 57.1 Å². The molecule has 2 aromatic rings. The molecule has 2 N–H and O–H groups in total. The first-order chi connectivity index (χ1) is 15.5. The van der Waals surface area contributed by atoms with E-state index >= 15 is 0 Å². The summed E-state index contributed by atoms with van der Waals surface area (Å²) < 4.78 is 5.42. The third-order valence-electron chi connectivity index (χ3n) is 4.64. The standard InChI is InChI=1S/C21H27N7O5/c1-14(29)23-17-13-15(7-8-22-17)24-19-16(28(31)32)5-6-18(25-19)26-9-11-27(12-10-26)20(30)33-21(2,3)4/h5-8,13H,9-12H2,1-4H3,(H2,22,23,24,25,29). The van der Waals surface area contributed by atoms with Gasteiger partial charge >= 0.3 is 11.8 Å². The van der Waals surface area contributed by atoms with Gasteiger partial charge in [0.1, 0.15) is 17.2 Å². The summed E-state index contributed by atoms with van der Waals surface area (Å²) in [6.07, 6.45) is 1.10. The van der Waals surface area contributed by atoms with Crippen molar-refractivity contribution >= 4 is 40.8 Å². The maximum atomic E-state index is 12.3. The number of ether oxygens (including phenoxy) is 1. The van der Waals surface area contributed by atoms with Crippen LogP contribution in [0.2, 0.25) is 0 Å². The van der Waals surface area contributed by atoms with Gasteiger partial charge in [0.2, 0.25) is 11.7 Å². The number of nitrogens with zero attached hydrogens (tertiary/aromatic N) is 5. The van der Waals surface area contributed by atoms with Crippen molar-refractivity contribution in [3.63, 3.8) is 0 Å². The van der Waals surface area contributed by atoms with Crippen LogP contribution in [0.4, 0.5) is 33.6 Å². The topological polar surface area (TPSA) is 143 Å². The third-order valence-corrected chi connectivity index (χ3v) is 4.64. The molecule has 3 heterocycles. The number of amides is 2. The Bertz CT molecular complexity index is 1050. The normalized spacial score (nSPS) is 13.9. The molecule has 2 aromatic heterocycles. The molecule has 1 aliphatic heterocycles. The summed E-state index contributed by atoms with van der Waals surface area (Å²) in [4.78, 5) is 46.6. The summed E-state index contributed by atoms with van der Waals surface area (Å²) >= 11 is 0. The van der Waals surface area contributed by atoms with Crippen LogP contribution in [0.1, 0.15) is 27.7 Å². The maximum Gasteiger partial charge on any atom is 0.410 e. The average molecular weight is 457 g/mol. The Hall–Kier alpha value is -3.96. The minimum absolute atomic E-state index is 0.0621. The van der Waals surface area contributed by atoms with E-state index in [1.54, 1.807) is 23.1 Å². The summed E-state index contributed by atoms with van der Waals surface area (Å²) in [6.45, 7) is 8.72. The predicted octanol–water partition coefficient (Wildman–Crippen LogP) is 3.14. The molecule has 176 valence electrons. The first-order valence-electron chi connectivity index (χ1n) is 10.4. The number of carbonyl (C=O) groups excluding carboxylic acids is 2. The number of nitro groups is 1. The lowest BCUT2D eigenvalue weighted by atomic mass is 10.2. The number of nitrogens with one attached hydrogen (secondary N) is 2. The second kappa shape index (κ2) is 9.67. The quantitative estimate of drug-likeness (QED) is 0.511. The molecule has 1 fully saturated rings. The van der Waals surface area contributed by atoms with E-state index in [-0.39, 0.29) is 23.5 Å². The zero-order valence-electron chi connectivity index (χ0n) is 19.0. The van der Waals surface area contributed by atoms with Crippen LogP contribution in [-0.4, -0.2) is 63.6 Å². The van der Waals surface area contributed by atoms with Gasteiger partial charge in [0.25, 0.3) is 0 Å². The highest BCUT2D eigenvalue weighted by atomic mass is 16.6. The van der Waals surface area contributed by atoms with Gasteiger partial charge in [-0.1, -0.05) is 0 Å². The summed E-state index contributed by atoms with van der Waals surface area (Å²) in [5.74, 6) is 0.635. The molecule has 1 aliphatic rings. The lowest BCUT2D eigenvalue weighted by Crippen LogP contribution is -2.50. The minimum atomic E-state index is -0.568. The lowest BCUT2D eigenvalue weighted by Gasteiger charge is -2.36. The Morgan fingerprint density at radius 2 is 1.85 bits per heavy atom. The van der Waals surface area contributed by atoms with Gasteiger partial charge in [-0.25, -0.2) is 14.8 Å². The fraction of sp³-hybridized carbons (Fsp3) is 0.429. The smallest absolute Gasteiger partial charge is 0.410 e. The Labute approximate surface area is 191 Å². The Kier molecular flexibility index (Phi) is 6.95. The van der Waals surface area contributed by atoms with Gasteiger partial charge in [0.15, 0.2) is 0 Å². The van der Waals surface area contributed by atoms with E-state index in [0.717, 1.165) is 0 Å². The van der Waals surface area contributed by atoms with Crippen molar-refractivity contribution < 1.29 is 19.2 Å². The van der Waals surface area contributed by atoms with Crippen molar-refractivity contribution in [2.45, 2.75) is 33.3 Å². The molecule has 0 aromatic carbocycles. The van der Waals surface area contributed by atoms with Crippen LogP contribution < -0.4 is 15.5 Å². The Balaban J connectivity index is 1.75. The minimum Gasteiger partial charge on any atom is -0.444 e. The van der Waals surface area contributed by atoms with E-state index < -0.39 is 10.5 Å². The van der Waals surface area contributed by atoms with E-state index in [1.807, 2.05) is 25.7 Å². The summed E-state index contributed by atoms with van der Waals surface area (Å²) in [5, 5.41) is 17.0. The second-order valence-corrected chi connectivity index (χ2v) is 8.48. The highest BCUT2D eigenvalue weighted by Gasteiger charge is 2.27. The van der Waals surface area contributed by atoms with Crippen molar-refractivity contribution in [3.05, 3.63) is 40.6 Å². The van der Waals surface area contributed by atoms with E-state index in [0.29, 0.717) is 43.5 Å². The molecule has 0 bridgehead atoms. The van der Waals surface area contributed by atoms with Crippen molar-refractivity contribution in [2.24, 2.45) is 0 Å². The van der Waals surface area contributed by atoms with Crippen LogP contribution in [0.3, 0.4) is 0 Å². The molecule has 12 heteroatoms. The monoisotopic (exact) mass is 457 g/mol. The highest BCUT2D eigenvalue weighted by Crippen LogP contribution is 2.29. The van der Waals surface area contributed by atoms with Gasteiger partial charge in [-0.2, -0.15) is 0 Å². The number of piperazine rings is 1. The third kappa shape index (κ3) is 6.51. The van der Waals surface area contributed by atoms with Gasteiger partial charge in [-0.05, 0) is 32.9 Å². The Morgan fingerprint density at radius 3 is 2.45 bits per heavy atom. The maximum absolute atomic E-state index is 12.3. The summed E-state index contributed by atoms with van der Waals surface area (Å²) in [7, 11) is 0. The molecule has 0 aliphatic carbocycles. The molecule has 2 amide bonds. The van der Waals surface area contributed by atoms with Gasteiger partial charge in [-0.3, -0.25) is 14.9 Å². The summed E-state index contributed by atoms with van der Waals surface area (Å²) in [5.41, 5.74) is -0.276. The molecule has 0 saturated carbocycles. The molecule has 33 heavy (non-hydrogen) atoms. The molecule has 0 atom stereocenters. The van der Waals surface area contributed by atoms with Crippen LogP contribution in [0, 0.1) is 10.1 Å². The SMILES string of the molecule is CC(=O)Nc1cc(Nc2nc(N3CCN(C(=O)OC(C)(C)C)CC3)ccc2[N+](=O)[O-])ccn1. The van der Waals surface area contributed by atoms with E-state index in [2.05, 4.69) is 20.6 Å². The van der Waals surface area contributed by atoms with Gasteiger partial charge in [0.05, 0.1) is 4.92 Å². The zero-order chi connectivity index (χ0) is 24.2. The molecule has 3 rings (SSSR count). The second-order valence-electron chi connectivity index (χ2n) is 8.48.